The highest BCUT2D eigenvalue weighted by molar-refractivity contribution is 9.10. The van der Waals surface area contributed by atoms with Crippen LogP contribution in [0.2, 0.25) is 0 Å². The van der Waals surface area contributed by atoms with Crippen LogP contribution in [0.15, 0.2) is 28.7 Å². The van der Waals surface area contributed by atoms with E-state index in [1.54, 1.807) is 0 Å². The first-order chi connectivity index (χ1) is 23.1. The van der Waals surface area contributed by atoms with Gasteiger partial charge in [-0.25, -0.2) is 9.59 Å². The van der Waals surface area contributed by atoms with Gasteiger partial charge in [-0.1, -0.05) is 22.0 Å². The summed E-state index contributed by atoms with van der Waals surface area (Å²) >= 11 is 3.58. The first-order valence-electron chi connectivity index (χ1n) is 16.9. The Morgan fingerprint density at radius 3 is 1.64 bits per heavy atom. The summed E-state index contributed by atoms with van der Waals surface area (Å²) in [5.41, 5.74) is 2.86. The molecule has 0 saturated carbocycles. The Labute approximate surface area is 304 Å². The molecule has 0 bridgehead atoms. The standard InChI is InChI=1S/C18H26BNO5.C17H23BBrNO5/c1-11-7-8-12-15-14(11)13(9-20-16(21)23-17(2,3)4)24-19(15)25-18(5,6)10-22-12;1-16(2,3)23-15(21)20-8-12-13-10(19)6-7-11-14(13)18(24-12)25-17(4,5)9-22-11/h7-8,13H,9-10H2,1-6H3,(H,20,21);6-7,12H,8-9H2,1-5H3,(H,20,21). The van der Waals surface area contributed by atoms with E-state index < -0.39 is 48.8 Å². The third-order valence-corrected chi connectivity index (χ3v) is 8.71. The Balaban J connectivity index is 0.000000194. The molecule has 0 fully saturated rings. The molecule has 2 N–H and O–H groups in total. The summed E-state index contributed by atoms with van der Waals surface area (Å²) in [6.07, 6.45) is -1.58. The maximum atomic E-state index is 12.0. The fourth-order valence-electron chi connectivity index (χ4n) is 5.98. The average molecular weight is 759 g/mol. The van der Waals surface area contributed by atoms with Gasteiger partial charge >= 0.3 is 26.4 Å². The topological polar surface area (TPSA) is 132 Å². The number of rotatable bonds is 4. The highest BCUT2D eigenvalue weighted by Gasteiger charge is 2.48. The van der Waals surface area contributed by atoms with Crippen LogP contribution >= 0.6 is 15.9 Å². The van der Waals surface area contributed by atoms with Gasteiger partial charge in [0.1, 0.15) is 35.9 Å². The third kappa shape index (κ3) is 9.27. The Kier molecular flexibility index (Phi) is 10.9. The summed E-state index contributed by atoms with van der Waals surface area (Å²) in [6, 6.07) is 7.81. The van der Waals surface area contributed by atoms with Crippen LogP contribution in [0, 0.1) is 6.92 Å². The molecule has 4 aliphatic heterocycles. The molecule has 2 aromatic rings. The molecule has 0 aromatic heterocycles. The van der Waals surface area contributed by atoms with Crippen LogP contribution < -0.4 is 31.0 Å². The van der Waals surface area contributed by atoms with Crippen molar-refractivity contribution >= 4 is 53.3 Å². The van der Waals surface area contributed by atoms with E-state index >= 15 is 0 Å². The van der Waals surface area contributed by atoms with Gasteiger partial charge in [0, 0.05) is 28.5 Å². The van der Waals surface area contributed by atoms with Gasteiger partial charge in [0.05, 0.1) is 23.4 Å². The second-order valence-corrected chi connectivity index (χ2v) is 16.9. The number of hydrogen-bond acceptors (Lipinski definition) is 10. The van der Waals surface area contributed by atoms with Gasteiger partial charge in [0.15, 0.2) is 0 Å². The molecule has 15 heteroatoms. The van der Waals surface area contributed by atoms with E-state index in [0.717, 1.165) is 43.6 Å². The number of amides is 2. The van der Waals surface area contributed by atoms with Gasteiger partial charge < -0.3 is 48.2 Å². The zero-order valence-corrected chi connectivity index (χ0v) is 32.5. The summed E-state index contributed by atoms with van der Waals surface area (Å²) < 4.78 is 47.7. The fraction of sp³-hybridized carbons (Fsp3) is 0.600. The lowest BCUT2D eigenvalue weighted by atomic mass is 9.76. The van der Waals surface area contributed by atoms with Crippen molar-refractivity contribution in [2.75, 3.05) is 26.3 Å². The van der Waals surface area contributed by atoms with Crippen LogP contribution in [0.1, 0.15) is 98.1 Å². The van der Waals surface area contributed by atoms with Gasteiger partial charge in [-0.2, -0.15) is 0 Å². The van der Waals surface area contributed by atoms with E-state index in [-0.39, 0.29) is 18.8 Å². The van der Waals surface area contributed by atoms with Crippen molar-refractivity contribution in [2.24, 2.45) is 0 Å². The molecule has 2 amide bonds. The zero-order valence-electron chi connectivity index (χ0n) is 30.9. The smallest absolute Gasteiger partial charge is 0.491 e. The van der Waals surface area contributed by atoms with Crippen molar-refractivity contribution in [3.05, 3.63) is 45.4 Å². The summed E-state index contributed by atoms with van der Waals surface area (Å²) in [5, 5.41) is 5.55. The van der Waals surface area contributed by atoms with Crippen molar-refractivity contribution < 1.29 is 47.2 Å². The first-order valence-corrected chi connectivity index (χ1v) is 17.7. The normalized spacial score (nSPS) is 21.2. The molecule has 0 saturated heterocycles. The predicted octanol–water partition coefficient (Wildman–Crippen LogP) is 5.40. The van der Waals surface area contributed by atoms with E-state index in [1.165, 1.54) is 0 Å². The molecule has 0 aliphatic carbocycles. The number of ether oxygens (including phenoxy) is 4. The Hall–Kier alpha value is -2.97. The van der Waals surface area contributed by atoms with Crippen molar-refractivity contribution in [1.82, 2.24) is 10.6 Å². The second kappa shape index (κ2) is 14.2. The largest absolute Gasteiger partial charge is 0.499 e. The van der Waals surface area contributed by atoms with Gasteiger partial charge in [-0.3, -0.25) is 0 Å². The van der Waals surface area contributed by atoms with Gasteiger partial charge in [-0.05, 0) is 111 Å². The molecule has 2 aromatic carbocycles. The number of carbonyl (C=O) groups excluding carboxylic acids is 2. The molecule has 0 radical (unpaired) electrons. The molecular formula is C35H49B2BrN2O10. The van der Waals surface area contributed by atoms with Crippen LogP contribution in [-0.2, 0) is 28.1 Å². The van der Waals surface area contributed by atoms with Gasteiger partial charge in [-0.15, -0.1) is 0 Å². The molecule has 4 heterocycles. The average Bonchev–Trinajstić information content (AvgIpc) is 3.43. The lowest BCUT2D eigenvalue weighted by molar-refractivity contribution is 0.0249. The SMILES string of the molecule is CC(C)(C)OC(=O)NCC1OB2OC(C)(C)COc3ccc(Br)c1c32.Cc1ccc2c3c1C(CNC(=O)OC(C)(C)C)OB3OC(C)(C)CO2. The number of carbonyl (C=O) groups is 2. The summed E-state index contributed by atoms with van der Waals surface area (Å²) in [6.45, 7) is 22.4. The van der Waals surface area contributed by atoms with Gasteiger partial charge in [0.2, 0.25) is 0 Å². The molecule has 2 atom stereocenters. The predicted molar refractivity (Wildman–Crippen MR) is 194 cm³/mol. The number of aryl methyl sites for hydroxylation is 1. The summed E-state index contributed by atoms with van der Waals surface area (Å²) in [7, 11) is -1.02. The van der Waals surface area contributed by atoms with Crippen LogP contribution in [0.25, 0.3) is 0 Å². The minimum atomic E-state index is -0.545. The molecule has 4 aliphatic rings. The number of nitrogens with one attached hydrogen (secondary N) is 2. The third-order valence-electron chi connectivity index (χ3n) is 8.01. The van der Waals surface area contributed by atoms with E-state index in [0.29, 0.717) is 19.8 Å². The number of benzene rings is 2. The molecule has 2 unspecified atom stereocenters. The van der Waals surface area contributed by atoms with Crippen LogP contribution in [0.4, 0.5) is 9.59 Å². The van der Waals surface area contributed by atoms with E-state index in [9.17, 15) is 9.59 Å². The summed E-state index contributed by atoms with van der Waals surface area (Å²) in [5.74, 6) is 1.55. The van der Waals surface area contributed by atoms with Crippen molar-refractivity contribution in [3.8, 4) is 11.5 Å². The Morgan fingerprint density at radius 1 is 0.760 bits per heavy atom. The van der Waals surface area contributed by atoms with E-state index in [4.69, 9.17) is 37.6 Å². The minimum absolute atomic E-state index is 0.282. The highest BCUT2D eigenvalue weighted by atomic mass is 79.9. The van der Waals surface area contributed by atoms with Crippen LogP contribution in [0.5, 0.6) is 11.5 Å². The Bertz CT molecular complexity index is 1490. The minimum Gasteiger partial charge on any atom is -0.491 e. The second-order valence-electron chi connectivity index (χ2n) is 16.1. The summed E-state index contributed by atoms with van der Waals surface area (Å²) in [4.78, 5) is 23.9. The lowest BCUT2D eigenvalue weighted by Crippen LogP contribution is -2.41. The molecule has 0 spiro atoms. The zero-order chi connectivity index (χ0) is 36.8. The maximum absolute atomic E-state index is 12.0. The van der Waals surface area contributed by atoms with Gasteiger partial charge in [0.25, 0.3) is 0 Å². The van der Waals surface area contributed by atoms with Crippen molar-refractivity contribution in [3.63, 3.8) is 0 Å². The molecule has 12 nitrogen and oxygen atoms in total. The quantitative estimate of drug-likeness (QED) is 0.391. The van der Waals surface area contributed by atoms with Crippen molar-refractivity contribution in [2.45, 2.75) is 111 Å². The van der Waals surface area contributed by atoms with E-state index in [1.807, 2.05) is 100 Å². The first kappa shape index (κ1) is 38.3. The molecule has 6 rings (SSSR count). The fourth-order valence-corrected chi connectivity index (χ4v) is 6.58. The Morgan fingerprint density at radius 2 is 1.18 bits per heavy atom. The molecule has 50 heavy (non-hydrogen) atoms. The number of hydrogen-bond donors (Lipinski definition) is 2. The lowest BCUT2D eigenvalue weighted by Gasteiger charge is -2.25. The molecular weight excluding hydrogens is 710 g/mol. The number of alkyl carbamates (subject to hydrolysis) is 2. The van der Waals surface area contributed by atoms with E-state index in [2.05, 4.69) is 26.6 Å². The molecule has 272 valence electrons. The van der Waals surface area contributed by atoms with Crippen LogP contribution in [-0.4, -0.2) is 75.1 Å². The van der Waals surface area contributed by atoms with Crippen LogP contribution in [0.3, 0.4) is 0 Å². The highest BCUT2D eigenvalue weighted by Crippen LogP contribution is 2.38. The number of halogens is 1. The van der Waals surface area contributed by atoms with Crippen molar-refractivity contribution in [1.29, 1.82) is 0 Å². The maximum Gasteiger partial charge on any atom is 0.499 e. The monoisotopic (exact) mass is 758 g/mol.